The van der Waals surface area contributed by atoms with E-state index in [1.165, 1.54) is 24.5 Å². The van der Waals surface area contributed by atoms with Gasteiger partial charge in [-0.25, -0.2) is 0 Å². The van der Waals surface area contributed by atoms with E-state index in [2.05, 4.69) is 32.7 Å². The quantitative estimate of drug-likeness (QED) is 0.399. The van der Waals surface area contributed by atoms with Crippen LogP contribution < -0.4 is 5.32 Å². The molecule has 4 rings (SSSR count). The van der Waals surface area contributed by atoms with Crippen LogP contribution in [0.1, 0.15) is 70.4 Å². The summed E-state index contributed by atoms with van der Waals surface area (Å²) in [6, 6.07) is 3.45. The summed E-state index contributed by atoms with van der Waals surface area (Å²) in [7, 11) is 0. The molecular formula is C25H30F3NO. The molecule has 3 aliphatic rings. The van der Waals surface area contributed by atoms with Crippen LogP contribution in [0.25, 0.3) is 5.57 Å². The highest BCUT2D eigenvalue weighted by Gasteiger charge is 2.52. The molecule has 1 aromatic carbocycles. The van der Waals surface area contributed by atoms with Gasteiger partial charge in [-0.15, -0.1) is 0 Å². The van der Waals surface area contributed by atoms with Crippen molar-refractivity contribution in [2.24, 2.45) is 22.7 Å². The molecule has 162 valence electrons. The number of nitrogens with one attached hydrogen (secondary N) is 1. The second-order valence-electron chi connectivity index (χ2n) is 10.2. The molecule has 0 saturated heterocycles. The number of carbonyl (C=O) groups is 1. The summed E-state index contributed by atoms with van der Waals surface area (Å²) < 4.78 is 39.5. The van der Waals surface area contributed by atoms with E-state index in [9.17, 15) is 18.0 Å². The number of allylic oxidation sites excluding steroid dienone is 2. The van der Waals surface area contributed by atoms with Gasteiger partial charge in [0, 0.05) is 16.8 Å². The maximum atomic E-state index is 13.2. The number of anilines is 1. The smallest absolute Gasteiger partial charge is 0.321 e. The van der Waals surface area contributed by atoms with Crippen LogP contribution in [0.2, 0.25) is 0 Å². The van der Waals surface area contributed by atoms with Crippen LogP contribution in [-0.2, 0) is 11.0 Å². The van der Waals surface area contributed by atoms with Gasteiger partial charge < -0.3 is 5.32 Å². The van der Waals surface area contributed by atoms with Crippen LogP contribution >= 0.6 is 0 Å². The largest absolute Gasteiger partial charge is 0.416 e. The van der Waals surface area contributed by atoms with Gasteiger partial charge in [0.1, 0.15) is 0 Å². The monoisotopic (exact) mass is 417 g/mol. The van der Waals surface area contributed by atoms with Gasteiger partial charge in [-0.1, -0.05) is 45.4 Å². The Kier molecular flexibility index (Phi) is 4.94. The molecule has 1 aliphatic heterocycles. The number of amides is 1. The Morgan fingerprint density at radius 3 is 2.67 bits per heavy atom. The highest BCUT2D eigenvalue weighted by atomic mass is 19.4. The van der Waals surface area contributed by atoms with E-state index in [4.69, 9.17) is 0 Å². The number of hydrogen-bond acceptors (Lipinski definition) is 1. The lowest BCUT2D eigenvalue weighted by molar-refractivity contribution is -0.137. The first-order valence-corrected chi connectivity index (χ1v) is 10.8. The van der Waals surface area contributed by atoms with Gasteiger partial charge in [0.05, 0.1) is 5.56 Å². The standard InChI is InChI=1S/C25H30F3NO/c1-15-6-11-21-23(2,3)12-5-13-24(21,4)19(15)9-8-17-18-14-16(25(26,27)28)7-10-20(18)29-22(17)30/h7-8,10,14,19,21H,1,5-6,9,11-13H2,2-4H3,(H,29,30)/b17-8+/t19-,21-,24+/m0/s1. The first kappa shape index (κ1) is 21.2. The van der Waals surface area contributed by atoms with Crippen molar-refractivity contribution < 1.29 is 18.0 Å². The van der Waals surface area contributed by atoms with E-state index in [-0.39, 0.29) is 22.7 Å². The van der Waals surface area contributed by atoms with Crippen molar-refractivity contribution in [1.82, 2.24) is 0 Å². The maximum Gasteiger partial charge on any atom is 0.416 e. The molecule has 0 bridgehead atoms. The third-order valence-electron chi connectivity index (χ3n) is 8.01. The number of rotatable bonds is 2. The predicted octanol–water partition coefficient (Wildman–Crippen LogP) is 7.23. The molecule has 3 atom stereocenters. The topological polar surface area (TPSA) is 29.1 Å². The molecule has 1 amide bonds. The van der Waals surface area contributed by atoms with Crippen molar-refractivity contribution in [3.63, 3.8) is 0 Å². The average molecular weight is 418 g/mol. The predicted molar refractivity (Wildman–Crippen MR) is 114 cm³/mol. The Hall–Kier alpha value is -2.04. The number of benzene rings is 1. The molecule has 5 heteroatoms. The van der Waals surface area contributed by atoms with Crippen LogP contribution in [0.15, 0.2) is 36.4 Å². The summed E-state index contributed by atoms with van der Waals surface area (Å²) in [4.78, 5) is 12.5. The van der Waals surface area contributed by atoms with E-state index in [1.807, 2.05) is 6.08 Å². The molecule has 0 spiro atoms. The van der Waals surface area contributed by atoms with Crippen LogP contribution in [0.5, 0.6) is 0 Å². The van der Waals surface area contributed by atoms with Crippen molar-refractivity contribution in [3.05, 3.63) is 47.6 Å². The summed E-state index contributed by atoms with van der Waals surface area (Å²) >= 11 is 0. The fourth-order valence-electron chi connectivity index (χ4n) is 6.51. The molecule has 2 nitrogen and oxygen atoms in total. The van der Waals surface area contributed by atoms with Crippen LogP contribution in [0.3, 0.4) is 0 Å². The van der Waals surface area contributed by atoms with Gasteiger partial charge in [-0.05, 0) is 73.0 Å². The summed E-state index contributed by atoms with van der Waals surface area (Å²) in [5, 5.41) is 2.71. The van der Waals surface area contributed by atoms with Crippen molar-refractivity contribution in [1.29, 1.82) is 0 Å². The minimum atomic E-state index is -4.43. The Balaban J connectivity index is 1.67. The zero-order valence-electron chi connectivity index (χ0n) is 18.0. The molecule has 2 fully saturated rings. The number of fused-ring (bicyclic) bond motifs is 2. The van der Waals surface area contributed by atoms with E-state index >= 15 is 0 Å². The van der Waals surface area contributed by atoms with E-state index in [0.29, 0.717) is 29.2 Å². The SMILES string of the molecule is C=C1CC[C@H]2C(C)(C)CCC[C@]2(C)[C@H]1C/C=C1/C(=O)Nc2ccc(C(F)(F)F)cc21. The lowest BCUT2D eigenvalue weighted by Crippen LogP contribution is -2.49. The molecule has 2 aliphatic carbocycles. The van der Waals surface area contributed by atoms with Gasteiger partial charge in [-0.2, -0.15) is 13.2 Å². The van der Waals surface area contributed by atoms with Crippen LogP contribution in [0, 0.1) is 22.7 Å². The van der Waals surface area contributed by atoms with E-state index in [0.717, 1.165) is 31.4 Å². The first-order valence-electron chi connectivity index (χ1n) is 10.8. The Labute approximate surface area is 176 Å². The Morgan fingerprint density at radius 2 is 1.97 bits per heavy atom. The van der Waals surface area contributed by atoms with Crippen molar-refractivity contribution >= 4 is 17.2 Å². The zero-order chi connectivity index (χ0) is 21.9. The molecule has 30 heavy (non-hydrogen) atoms. The molecule has 0 aromatic heterocycles. The lowest BCUT2D eigenvalue weighted by Gasteiger charge is -2.58. The van der Waals surface area contributed by atoms with Crippen LogP contribution in [-0.4, -0.2) is 5.91 Å². The molecule has 2 saturated carbocycles. The maximum absolute atomic E-state index is 13.2. The second kappa shape index (κ2) is 7.00. The fourth-order valence-corrected chi connectivity index (χ4v) is 6.51. The number of hydrogen-bond donors (Lipinski definition) is 1. The van der Waals surface area contributed by atoms with Gasteiger partial charge in [0.2, 0.25) is 0 Å². The lowest BCUT2D eigenvalue weighted by atomic mass is 9.47. The highest BCUT2D eigenvalue weighted by molar-refractivity contribution is 6.31. The molecule has 1 N–H and O–H groups in total. The summed E-state index contributed by atoms with van der Waals surface area (Å²) in [5.74, 6) is 0.511. The summed E-state index contributed by atoms with van der Waals surface area (Å²) in [6.07, 6.45) is 3.73. The van der Waals surface area contributed by atoms with Crippen molar-refractivity contribution in [2.75, 3.05) is 5.32 Å². The van der Waals surface area contributed by atoms with Crippen molar-refractivity contribution in [3.8, 4) is 0 Å². The number of carbonyl (C=O) groups excluding carboxylic acids is 1. The Morgan fingerprint density at radius 1 is 1.23 bits per heavy atom. The minimum absolute atomic E-state index is 0.111. The van der Waals surface area contributed by atoms with Gasteiger partial charge in [0.15, 0.2) is 0 Å². The molecule has 0 radical (unpaired) electrons. The number of alkyl halides is 3. The zero-order valence-corrected chi connectivity index (χ0v) is 18.0. The highest BCUT2D eigenvalue weighted by Crippen LogP contribution is 2.61. The van der Waals surface area contributed by atoms with Gasteiger partial charge >= 0.3 is 6.18 Å². The van der Waals surface area contributed by atoms with E-state index in [1.54, 1.807) is 0 Å². The van der Waals surface area contributed by atoms with E-state index < -0.39 is 11.7 Å². The van der Waals surface area contributed by atoms with Gasteiger partial charge in [-0.3, -0.25) is 4.79 Å². The Bertz CT molecular complexity index is 927. The minimum Gasteiger partial charge on any atom is -0.321 e. The summed E-state index contributed by atoms with van der Waals surface area (Å²) in [5.41, 5.74) is 2.02. The first-order chi connectivity index (χ1) is 13.9. The molecule has 1 heterocycles. The number of halogens is 3. The van der Waals surface area contributed by atoms with Crippen molar-refractivity contribution in [2.45, 2.75) is 65.5 Å². The third-order valence-corrected chi connectivity index (χ3v) is 8.01. The second-order valence-corrected chi connectivity index (χ2v) is 10.2. The normalized spacial score (nSPS) is 32.0. The molecular weight excluding hydrogens is 387 g/mol. The third kappa shape index (κ3) is 3.40. The van der Waals surface area contributed by atoms with Crippen LogP contribution in [0.4, 0.5) is 18.9 Å². The summed E-state index contributed by atoms with van der Waals surface area (Å²) in [6.45, 7) is 11.4. The fraction of sp³-hybridized carbons (Fsp3) is 0.560. The average Bonchev–Trinajstić information content (AvgIpc) is 2.94. The molecule has 1 aromatic rings. The van der Waals surface area contributed by atoms with Gasteiger partial charge in [0.25, 0.3) is 5.91 Å². The molecule has 0 unspecified atom stereocenters.